The van der Waals surface area contributed by atoms with Crippen LogP contribution in [0.25, 0.3) is 0 Å². The van der Waals surface area contributed by atoms with Crippen LogP contribution in [-0.2, 0) is 14.4 Å². The molecule has 1 unspecified atom stereocenters. The predicted octanol–water partition coefficient (Wildman–Crippen LogP) is 3.07. The van der Waals surface area contributed by atoms with E-state index in [2.05, 4.69) is 16.2 Å². The summed E-state index contributed by atoms with van der Waals surface area (Å²) in [7, 11) is 0. The summed E-state index contributed by atoms with van der Waals surface area (Å²) in [5, 5.41) is 3.24. The van der Waals surface area contributed by atoms with E-state index >= 15 is 0 Å². The van der Waals surface area contributed by atoms with Crippen molar-refractivity contribution in [1.82, 2.24) is 10.9 Å². The maximum Gasteiger partial charge on any atom is 0.279 e. The fraction of sp³-hybridized carbons (Fsp3) is 0.286. The summed E-state index contributed by atoms with van der Waals surface area (Å²) in [5.74, 6) is -0.166. The number of benzene rings is 2. The second kappa shape index (κ2) is 11.7. The fourth-order valence-corrected chi connectivity index (χ4v) is 2.44. The lowest BCUT2D eigenvalue weighted by molar-refractivity contribution is -0.133. The second-order valence-electron chi connectivity index (χ2n) is 6.26. The Labute approximate surface area is 179 Å². The molecule has 3 N–H and O–H groups in total. The number of hydrazine groups is 1. The van der Waals surface area contributed by atoms with E-state index in [0.29, 0.717) is 28.8 Å². The normalized spacial score (nSPS) is 11.2. The maximum atomic E-state index is 12.0. The molecule has 0 aliphatic rings. The van der Waals surface area contributed by atoms with Crippen LogP contribution in [0.2, 0.25) is 5.02 Å². The zero-order valence-corrected chi connectivity index (χ0v) is 17.5. The maximum absolute atomic E-state index is 12.0. The minimum Gasteiger partial charge on any atom is -0.494 e. The summed E-state index contributed by atoms with van der Waals surface area (Å²) in [6.07, 6.45) is -0.962. The Morgan fingerprint density at radius 1 is 0.900 bits per heavy atom. The van der Waals surface area contributed by atoms with Gasteiger partial charge in [0, 0.05) is 23.6 Å². The van der Waals surface area contributed by atoms with Crippen molar-refractivity contribution in [2.45, 2.75) is 32.8 Å². The lowest BCUT2D eigenvalue weighted by Gasteiger charge is -2.15. The number of carbonyl (C=O) groups is 3. The number of rotatable bonds is 9. The van der Waals surface area contributed by atoms with Gasteiger partial charge in [0.15, 0.2) is 6.10 Å². The molecule has 0 saturated carbocycles. The first-order valence-electron chi connectivity index (χ1n) is 9.41. The zero-order valence-electron chi connectivity index (χ0n) is 16.7. The van der Waals surface area contributed by atoms with Crippen LogP contribution in [0.1, 0.15) is 26.7 Å². The molecule has 30 heavy (non-hydrogen) atoms. The molecule has 0 radical (unpaired) electrons. The summed E-state index contributed by atoms with van der Waals surface area (Å²) < 4.78 is 10.8. The first kappa shape index (κ1) is 23.0. The molecule has 8 nitrogen and oxygen atoms in total. The molecule has 0 aromatic heterocycles. The van der Waals surface area contributed by atoms with Gasteiger partial charge in [-0.05, 0) is 62.4 Å². The number of hydrogen-bond donors (Lipinski definition) is 3. The Morgan fingerprint density at radius 3 is 2.13 bits per heavy atom. The van der Waals surface area contributed by atoms with Gasteiger partial charge in [-0.3, -0.25) is 25.2 Å². The number of hydrogen-bond acceptors (Lipinski definition) is 5. The van der Waals surface area contributed by atoms with Crippen molar-refractivity contribution in [2.24, 2.45) is 0 Å². The standard InChI is InChI=1S/C21H24ClN3O5/c1-3-29-17-10-6-16(7-11-17)23-19(26)12-13-20(27)24-25-21(28)14(2)30-18-8-4-15(22)5-9-18/h4-11,14H,3,12-13H2,1-2H3,(H,23,26)(H,24,27)(H,25,28). The second-order valence-corrected chi connectivity index (χ2v) is 6.69. The third-order valence-electron chi connectivity index (χ3n) is 3.85. The lowest BCUT2D eigenvalue weighted by Crippen LogP contribution is -2.47. The minimum absolute atomic E-state index is 0.0360. The largest absolute Gasteiger partial charge is 0.494 e. The van der Waals surface area contributed by atoms with Crippen LogP contribution >= 0.6 is 11.6 Å². The summed E-state index contributed by atoms with van der Waals surface area (Å²) >= 11 is 5.79. The predicted molar refractivity (Wildman–Crippen MR) is 113 cm³/mol. The van der Waals surface area contributed by atoms with Crippen LogP contribution in [0.3, 0.4) is 0 Å². The first-order valence-corrected chi connectivity index (χ1v) is 9.78. The van der Waals surface area contributed by atoms with Gasteiger partial charge >= 0.3 is 0 Å². The Hall–Kier alpha value is -3.26. The van der Waals surface area contributed by atoms with Crippen LogP contribution < -0.4 is 25.6 Å². The minimum atomic E-state index is -0.838. The lowest BCUT2D eigenvalue weighted by atomic mass is 10.2. The fourth-order valence-electron chi connectivity index (χ4n) is 2.32. The number of carbonyl (C=O) groups excluding carboxylic acids is 3. The topological polar surface area (TPSA) is 106 Å². The molecule has 0 spiro atoms. The van der Waals surface area contributed by atoms with Crippen LogP contribution in [-0.4, -0.2) is 30.4 Å². The summed E-state index contributed by atoms with van der Waals surface area (Å²) in [6, 6.07) is 13.5. The molecular weight excluding hydrogens is 410 g/mol. The number of halogens is 1. The molecule has 0 heterocycles. The number of anilines is 1. The van der Waals surface area contributed by atoms with Gasteiger partial charge in [0.05, 0.1) is 6.61 Å². The van der Waals surface area contributed by atoms with E-state index in [1.165, 1.54) is 0 Å². The smallest absolute Gasteiger partial charge is 0.279 e. The van der Waals surface area contributed by atoms with E-state index in [4.69, 9.17) is 21.1 Å². The SMILES string of the molecule is CCOc1ccc(NC(=O)CCC(=O)NNC(=O)C(C)Oc2ccc(Cl)cc2)cc1. The van der Waals surface area contributed by atoms with Gasteiger partial charge in [0.2, 0.25) is 11.8 Å². The highest BCUT2D eigenvalue weighted by Gasteiger charge is 2.16. The van der Waals surface area contributed by atoms with Gasteiger partial charge in [-0.1, -0.05) is 11.6 Å². The van der Waals surface area contributed by atoms with E-state index in [1.807, 2.05) is 6.92 Å². The Kier molecular flexibility index (Phi) is 8.96. The summed E-state index contributed by atoms with van der Waals surface area (Å²) in [5.41, 5.74) is 5.14. The van der Waals surface area contributed by atoms with Crippen molar-refractivity contribution in [3.05, 3.63) is 53.6 Å². The van der Waals surface area contributed by atoms with Crippen LogP contribution in [0.5, 0.6) is 11.5 Å². The quantitative estimate of drug-likeness (QED) is 0.527. The molecule has 0 saturated heterocycles. The van der Waals surface area contributed by atoms with Crippen molar-refractivity contribution >= 4 is 35.0 Å². The van der Waals surface area contributed by atoms with Gasteiger partial charge in [-0.25, -0.2) is 0 Å². The number of ether oxygens (including phenoxy) is 2. The molecule has 0 aliphatic carbocycles. The molecule has 0 fully saturated rings. The van der Waals surface area contributed by atoms with Crippen molar-refractivity contribution in [2.75, 3.05) is 11.9 Å². The molecule has 2 aromatic rings. The molecule has 0 bridgehead atoms. The van der Waals surface area contributed by atoms with Crippen LogP contribution in [0, 0.1) is 0 Å². The van der Waals surface area contributed by atoms with Crippen molar-refractivity contribution < 1.29 is 23.9 Å². The first-order chi connectivity index (χ1) is 14.4. The van der Waals surface area contributed by atoms with Crippen LogP contribution in [0.4, 0.5) is 5.69 Å². The van der Waals surface area contributed by atoms with E-state index in [-0.39, 0.29) is 18.7 Å². The van der Waals surface area contributed by atoms with E-state index in [1.54, 1.807) is 55.5 Å². The van der Waals surface area contributed by atoms with Gasteiger partial charge in [0.1, 0.15) is 11.5 Å². The monoisotopic (exact) mass is 433 g/mol. The van der Waals surface area contributed by atoms with Crippen LogP contribution in [0.15, 0.2) is 48.5 Å². The van der Waals surface area contributed by atoms with Gasteiger partial charge < -0.3 is 14.8 Å². The van der Waals surface area contributed by atoms with Crippen molar-refractivity contribution in [1.29, 1.82) is 0 Å². The molecule has 2 aromatic carbocycles. The Morgan fingerprint density at radius 2 is 1.50 bits per heavy atom. The highest BCUT2D eigenvalue weighted by molar-refractivity contribution is 6.30. The number of nitrogens with one attached hydrogen (secondary N) is 3. The summed E-state index contributed by atoms with van der Waals surface area (Å²) in [4.78, 5) is 35.8. The number of amides is 3. The highest BCUT2D eigenvalue weighted by atomic mass is 35.5. The molecule has 1 atom stereocenters. The highest BCUT2D eigenvalue weighted by Crippen LogP contribution is 2.17. The third kappa shape index (κ3) is 8.00. The van der Waals surface area contributed by atoms with E-state index in [0.717, 1.165) is 0 Å². The Bertz CT molecular complexity index is 856. The van der Waals surface area contributed by atoms with E-state index < -0.39 is 17.9 Å². The molecule has 160 valence electrons. The Balaban J connectivity index is 1.67. The molecule has 3 amide bonds. The summed E-state index contributed by atoms with van der Waals surface area (Å²) in [6.45, 7) is 3.99. The van der Waals surface area contributed by atoms with Crippen molar-refractivity contribution in [3.8, 4) is 11.5 Å². The van der Waals surface area contributed by atoms with Gasteiger partial charge in [0.25, 0.3) is 5.91 Å². The molecule has 2 rings (SSSR count). The van der Waals surface area contributed by atoms with Crippen molar-refractivity contribution in [3.63, 3.8) is 0 Å². The molecule has 0 aliphatic heterocycles. The average Bonchev–Trinajstić information content (AvgIpc) is 2.73. The zero-order chi connectivity index (χ0) is 21.9. The third-order valence-corrected chi connectivity index (χ3v) is 4.10. The van der Waals surface area contributed by atoms with E-state index in [9.17, 15) is 14.4 Å². The molecule has 9 heteroatoms. The van der Waals surface area contributed by atoms with Gasteiger partial charge in [-0.15, -0.1) is 0 Å². The molecular formula is C21H24ClN3O5. The average molecular weight is 434 g/mol. The van der Waals surface area contributed by atoms with Gasteiger partial charge in [-0.2, -0.15) is 0 Å².